The van der Waals surface area contributed by atoms with Crippen LogP contribution in [0.25, 0.3) is 11.0 Å². The summed E-state index contributed by atoms with van der Waals surface area (Å²) in [5.41, 5.74) is 0.803. The number of hydrogen-bond acceptors (Lipinski definition) is 5. The van der Waals surface area contributed by atoms with Crippen molar-refractivity contribution in [2.75, 3.05) is 31.1 Å². The molecule has 25 heavy (non-hydrogen) atoms. The molecular formula is C16H14F2N6O. The number of anilines is 1. The smallest absolute Gasteiger partial charge is 0.254 e. The largest absolute Gasteiger partial charge is 0.352 e. The van der Waals surface area contributed by atoms with Gasteiger partial charge in [0, 0.05) is 31.7 Å². The summed E-state index contributed by atoms with van der Waals surface area (Å²) in [6.45, 7) is 2.07. The Morgan fingerprint density at radius 1 is 1.08 bits per heavy atom. The molecule has 9 heteroatoms. The summed E-state index contributed by atoms with van der Waals surface area (Å²) in [5, 5.41) is 7.59. The molecule has 1 aromatic carbocycles. The number of aromatic nitrogens is 4. The van der Waals surface area contributed by atoms with Crippen LogP contribution in [-0.4, -0.2) is 57.2 Å². The SMILES string of the molecule is O=C(c1ccc(F)c(F)c1)N1CCN(c2ncnc3[nH]ncc23)CC1. The molecule has 0 radical (unpaired) electrons. The molecule has 0 atom stereocenters. The molecule has 1 aliphatic heterocycles. The highest BCUT2D eigenvalue weighted by atomic mass is 19.2. The number of benzene rings is 1. The second-order valence-electron chi connectivity index (χ2n) is 5.74. The van der Waals surface area contributed by atoms with Gasteiger partial charge in [0.05, 0.1) is 11.6 Å². The molecular weight excluding hydrogens is 330 g/mol. The summed E-state index contributed by atoms with van der Waals surface area (Å²) in [5.74, 6) is -1.53. The van der Waals surface area contributed by atoms with Crippen molar-refractivity contribution in [1.82, 2.24) is 25.1 Å². The Balaban J connectivity index is 1.48. The number of hydrogen-bond donors (Lipinski definition) is 1. The number of nitrogens with one attached hydrogen (secondary N) is 1. The minimum Gasteiger partial charge on any atom is -0.352 e. The molecule has 1 amide bonds. The first-order valence-corrected chi connectivity index (χ1v) is 7.77. The van der Waals surface area contributed by atoms with Gasteiger partial charge in [-0.3, -0.25) is 9.89 Å². The predicted octanol–water partition coefficient (Wildman–Crippen LogP) is 1.59. The van der Waals surface area contributed by atoms with Crippen LogP contribution in [0.1, 0.15) is 10.4 Å². The van der Waals surface area contributed by atoms with Crippen LogP contribution in [0.3, 0.4) is 0 Å². The molecule has 0 aliphatic carbocycles. The van der Waals surface area contributed by atoms with Gasteiger partial charge < -0.3 is 9.80 Å². The lowest BCUT2D eigenvalue weighted by Gasteiger charge is -2.35. The standard InChI is InChI=1S/C16H14F2N6O/c17-12-2-1-10(7-13(12)18)16(25)24-5-3-23(4-6-24)15-11-8-21-22-14(11)19-9-20-15/h1-2,7-9H,3-6H2,(H,19,20,21,22). The fourth-order valence-electron chi connectivity index (χ4n) is 2.94. The Morgan fingerprint density at radius 2 is 1.88 bits per heavy atom. The van der Waals surface area contributed by atoms with Gasteiger partial charge in [0.2, 0.25) is 0 Å². The van der Waals surface area contributed by atoms with Crippen LogP contribution in [0.4, 0.5) is 14.6 Å². The summed E-state index contributed by atoms with van der Waals surface area (Å²) in [4.78, 5) is 24.5. The van der Waals surface area contributed by atoms with E-state index in [-0.39, 0.29) is 11.5 Å². The molecule has 1 fully saturated rings. The van der Waals surface area contributed by atoms with E-state index < -0.39 is 11.6 Å². The van der Waals surface area contributed by atoms with E-state index >= 15 is 0 Å². The van der Waals surface area contributed by atoms with Crippen LogP contribution in [0.15, 0.2) is 30.7 Å². The van der Waals surface area contributed by atoms with E-state index in [0.717, 1.165) is 23.3 Å². The van der Waals surface area contributed by atoms with Crippen LogP contribution in [0.2, 0.25) is 0 Å². The lowest BCUT2D eigenvalue weighted by Crippen LogP contribution is -2.49. The van der Waals surface area contributed by atoms with E-state index in [9.17, 15) is 13.6 Å². The van der Waals surface area contributed by atoms with E-state index in [4.69, 9.17) is 0 Å². The van der Waals surface area contributed by atoms with E-state index in [1.165, 1.54) is 12.4 Å². The number of amides is 1. The molecule has 128 valence electrons. The van der Waals surface area contributed by atoms with E-state index in [1.807, 2.05) is 0 Å². The van der Waals surface area contributed by atoms with Crippen molar-refractivity contribution in [3.8, 4) is 0 Å². The molecule has 3 aromatic rings. The maximum Gasteiger partial charge on any atom is 0.254 e. The summed E-state index contributed by atoms with van der Waals surface area (Å²) in [7, 11) is 0. The molecule has 2 aromatic heterocycles. The van der Waals surface area contributed by atoms with Crippen molar-refractivity contribution in [3.05, 3.63) is 47.9 Å². The first kappa shape index (κ1) is 15.4. The van der Waals surface area contributed by atoms with E-state index in [1.54, 1.807) is 11.1 Å². The lowest BCUT2D eigenvalue weighted by atomic mass is 10.1. The second-order valence-corrected chi connectivity index (χ2v) is 5.74. The van der Waals surface area contributed by atoms with E-state index in [0.29, 0.717) is 31.8 Å². The summed E-state index contributed by atoms with van der Waals surface area (Å²) in [6.07, 6.45) is 3.14. The number of carbonyl (C=O) groups is 1. The first-order chi connectivity index (χ1) is 12.1. The quantitative estimate of drug-likeness (QED) is 0.764. The third kappa shape index (κ3) is 2.77. The fourth-order valence-corrected chi connectivity index (χ4v) is 2.94. The minimum atomic E-state index is -1.02. The van der Waals surface area contributed by atoms with Crippen molar-refractivity contribution in [2.24, 2.45) is 0 Å². The fraction of sp³-hybridized carbons (Fsp3) is 0.250. The van der Waals surface area contributed by atoms with Gasteiger partial charge in [-0.25, -0.2) is 18.7 Å². The van der Waals surface area contributed by atoms with Gasteiger partial charge in [0.15, 0.2) is 17.3 Å². The number of rotatable bonds is 2. The molecule has 1 N–H and O–H groups in total. The molecule has 0 spiro atoms. The lowest BCUT2D eigenvalue weighted by molar-refractivity contribution is 0.0746. The Hall–Kier alpha value is -3.10. The number of piperazine rings is 1. The van der Waals surface area contributed by atoms with Crippen LogP contribution >= 0.6 is 0 Å². The summed E-state index contributed by atoms with van der Waals surface area (Å²) in [6, 6.07) is 3.20. The van der Waals surface area contributed by atoms with Gasteiger partial charge in [-0.1, -0.05) is 0 Å². The third-order valence-corrected chi connectivity index (χ3v) is 4.26. The number of nitrogens with zero attached hydrogens (tertiary/aromatic N) is 5. The second kappa shape index (κ2) is 6.08. The molecule has 0 unspecified atom stereocenters. The average molecular weight is 344 g/mol. The van der Waals surface area contributed by atoms with Crippen molar-refractivity contribution >= 4 is 22.8 Å². The van der Waals surface area contributed by atoms with Crippen LogP contribution in [-0.2, 0) is 0 Å². The number of aromatic amines is 1. The molecule has 7 nitrogen and oxygen atoms in total. The molecule has 1 aliphatic rings. The Morgan fingerprint density at radius 3 is 2.64 bits per heavy atom. The molecule has 4 rings (SSSR count). The molecule has 1 saturated heterocycles. The Kier molecular flexibility index (Phi) is 3.75. The van der Waals surface area contributed by atoms with Gasteiger partial charge in [-0.05, 0) is 18.2 Å². The van der Waals surface area contributed by atoms with E-state index in [2.05, 4.69) is 25.1 Å². The van der Waals surface area contributed by atoms with Gasteiger partial charge in [-0.15, -0.1) is 0 Å². The normalized spacial score (nSPS) is 15.0. The number of halogens is 2. The molecule has 0 saturated carbocycles. The zero-order chi connectivity index (χ0) is 17.4. The predicted molar refractivity (Wildman–Crippen MR) is 86.2 cm³/mol. The topological polar surface area (TPSA) is 78.0 Å². The zero-order valence-electron chi connectivity index (χ0n) is 13.1. The van der Waals surface area contributed by atoms with Gasteiger partial charge >= 0.3 is 0 Å². The minimum absolute atomic E-state index is 0.145. The molecule has 3 heterocycles. The number of H-pyrrole nitrogens is 1. The zero-order valence-corrected chi connectivity index (χ0v) is 13.1. The van der Waals surface area contributed by atoms with Gasteiger partial charge in [0.1, 0.15) is 12.1 Å². The summed E-state index contributed by atoms with van der Waals surface area (Å²) < 4.78 is 26.3. The Bertz CT molecular complexity index is 935. The van der Waals surface area contributed by atoms with Crippen LogP contribution in [0.5, 0.6) is 0 Å². The monoisotopic (exact) mass is 344 g/mol. The van der Waals surface area contributed by atoms with Crippen molar-refractivity contribution in [1.29, 1.82) is 0 Å². The maximum atomic E-state index is 13.3. The van der Waals surface area contributed by atoms with Gasteiger partial charge in [-0.2, -0.15) is 5.10 Å². The highest BCUT2D eigenvalue weighted by Crippen LogP contribution is 2.22. The van der Waals surface area contributed by atoms with Crippen molar-refractivity contribution < 1.29 is 13.6 Å². The first-order valence-electron chi connectivity index (χ1n) is 7.77. The summed E-state index contributed by atoms with van der Waals surface area (Å²) >= 11 is 0. The van der Waals surface area contributed by atoms with Crippen LogP contribution < -0.4 is 4.90 Å². The number of fused-ring (bicyclic) bond motifs is 1. The van der Waals surface area contributed by atoms with Crippen molar-refractivity contribution in [3.63, 3.8) is 0 Å². The number of carbonyl (C=O) groups excluding carboxylic acids is 1. The third-order valence-electron chi connectivity index (χ3n) is 4.26. The maximum absolute atomic E-state index is 13.3. The Labute approximate surface area is 141 Å². The van der Waals surface area contributed by atoms with Crippen molar-refractivity contribution in [2.45, 2.75) is 0 Å². The molecule has 0 bridgehead atoms. The highest BCUT2D eigenvalue weighted by Gasteiger charge is 2.24. The highest BCUT2D eigenvalue weighted by molar-refractivity contribution is 5.94. The van der Waals surface area contributed by atoms with Gasteiger partial charge in [0.25, 0.3) is 5.91 Å². The van der Waals surface area contributed by atoms with Crippen LogP contribution in [0, 0.1) is 11.6 Å². The average Bonchev–Trinajstić information content (AvgIpc) is 3.12.